The SMILES string of the molecule is Cc1ccc(NC(=O)COc2ccccc2/C=N/NC(=O)c2ccccc2)c(C)c1. The van der Waals surface area contributed by atoms with E-state index in [-0.39, 0.29) is 18.4 Å². The van der Waals surface area contributed by atoms with Crippen molar-refractivity contribution < 1.29 is 14.3 Å². The second-order valence-electron chi connectivity index (χ2n) is 6.76. The van der Waals surface area contributed by atoms with Crippen molar-refractivity contribution in [3.8, 4) is 5.75 Å². The van der Waals surface area contributed by atoms with Gasteiger partial charge in [-0.25, -0.2) is 5.43 Å². The molecule has 0 fully saturated rings. The van der Waals surface area contributed by atoms with Crippen LogP contribution in [-0.4, -0.2) is 24.6 Å². The Morgan fingerprint density at radius 2 is 1.70 bits per heavy atom. The van der Waals surface area contributed by atoms with Crippen molar-refractivity contribution >= 4 is 23.7 Å². The van der Waals surface area contributed by atoms with Gasteiger partial charge < -0.3 is 10.1 Å². The van der Waals surface area contributed by atoms with E-state index in [1.165, 1.54) is 6.21 Å². The van der Waals surface area contributed by atoms with Crippen molar-refractivity contribution in [3.05, 3.63) is 95.1 Å². The maximum absolute atomic E-state index is 12.3. The summed E-state index contributed by atoms with van der Waals surface area (Å²) in [6.45, 7) is 3.80. The lowest BCUT2D eigenvalue weighted by Crippen LogP contribution is -2.21. The standard InChI is InChI=1S/C24H23N3O3/c1-17-12-13-21(18(2)14-17)26-23(28)16-30-22-11-7-6-10-20(22)15-25-27-24(29)19-8-4-3-5-9-19/h3-15H,16H2,1-2H3,(H,26,28)(H,27,29)/b25-15+. The quantitative estimate of drug-likeness (QED) is 0.462. The fourth-order valence-corrected chi connectivity index (χ4v) is 2.82. The number of nitrogens with one attached hydrogen (secondary N) is 2. The highest BCUT2D eigenvalue weighted by atomic mass is 16.5. The number of carbonyl (C=O) groups excluding carboxylic acids is 2. The van der Waals surface area contributed by atoms with Gasteiger partial charge in [0, 0.05) is 16.8 Å². The molecule has 3 rings (SSSR count). The summed E-state index contributed by atoms with van der Waals surface area (Å²) in [6, 6.07) is 21.8. The Balaban J connectivity index is 1.58. The van der Waals surface area contributed by atoms with Gasteiger partial charge in [0.05, 0.1) is 6.21 Å². The fraction of sp³-hybridized carbons (Fsp3) is 0.125. The highest BCUT2D eigenvalue weighted by molar-refractivity contribution is 5.95. The molecule has 0 atom stereocenters. The third-order valence-electron chi connectivity index (χ3n) is 4.34. The van der Waals surface area contributed by atoms with Gasteiger partial charge in [0.2, 0.25) is 0 Å². The molecule has 0 aliphatic carbocycles. The minimum absolute atomic E-state index is 0.144. The lowest BCUT2D eigenvalue weighted by Gasteiger charge is -2.11. The van der Waals surface area contributed by atoms with Crippen LogP contribution < -0.4 is 15.5 Å². The number of aryl methyl sites for hydroxylation is 2. The molecular formula is C24H23N3O3. The monoisotopic (exact) mass is 401 g/mol. The van der Waals surface area contributed by atoms with Gasteiger partial charge in [-0.3, -0.25) is 9.59 Å². The predicted octanol–water partition coefficient (Wildman–Crippen LogP) is 4.08. The summed E-state index contributed by atoms with van der Waals surface area (Å²) in [4.78, 5) is 24.3. The first-order valence-corrected chi connectivity index (χ1v) is 9.50. The van der Waals surface area contributed by atoms with Gasteiger partial charge in [-0.2, -0.15) is 5.10 Å². The first kappa shape index (κ1) is 20.8. The summed E-state index contributed by atoms with van der Waals surface area (Å²) in [5.41, 5.74) is 6.52. The molecule has 0 aromatic heterocycles. The van der Waals surface area contributed by atoms with Crippen molar-refractivity contribution in [2.75, 3.05) is 11.9 Å². The number of nitrogens with zero attached hydrogens (tertiary/aromatic N) is 1. The Labute approximate surface area is 175 Å². The van der Waals surface area contributed by atoms with Crippen molar-refractivity contribution in [2.45, 2.75) is 13.8 Å². The molecule has 0 radical (unpaired) electrons. The molecule has 3 aromatic rings. The molecule has 0 aliphatic heterocycles. The summed E-state index contributed by atoms with van der Waals surface area (Å²) in [7, 11) is 0. The van der Waals surface area contributed by atoms with Crippen LogP contribution in [0.2, 0.25) is 0 Å². The lowest BCUT2D eigenvalue weighted by molar-refractivity contribution is -0.118. The van der Waals surface area contributed by atoms with Gasteiger partial charge in [-0.15, -0.1) is 0 Å². The second kappa shape index (κ2) is 10.0. The van der Waals surface area contributed by atoms with E-state index in [2.05, 4.69) is 15.8 Å². The number of hydrogen-bond donors (Lipinski definition) is 2. The Bertz CT molecular complexity index is 1060. The number of benzene rings is 3. The molecule has 0 heterocycles. The van der Waals surface area contributed by atoms with Gasteiger partial charge in [0.25, 0.3) is 11.8 Å². The van der Waals surface area contributed by atoms with E-state index in [1.54, 1.807) is 42.5 Å². The Morgan fingerprint density at radius 1 is 0.967 bits per heavy atom. The number of hydrazone groups is 1. The molecule has 6 nitrogen and oxygen atoms in total. The van der Waals surface area contributed by atoms with Crippen LogP contribution in [-0.2, 0) is 4.79 Å². The van der Waals surface area contributed by atoms with E-state index in [1.807, 2.05) is 44.2 Å². The molecular weight excluding hydrogens is 378 g/mol. The molecule has 0 saturated carbocycles. The van der Waals surface area contributed by atoms with E-state index in [0.29, 0.717) is 16.9 Å². The van der Waals surface area contributed by atoms with E-state index in [9.17, 15) is 9.59 Å². The molecule has 0 unspecified atom stereocenters. The maximum atomic E-state index is 12.3. The lowest BCUT2D eigenvalue weighted by atomic mass is 10.1. The minimum atomic E-state index is -0.307. The van der Waals surface area contributed by atoms with Crippen molar-refractivity contribution in [2.24, 2.45) is 5.10 Å². The normalized spacial score (nSPS) is 10.6. The van der Waals surface area contributed by atoms with E-state index in [4.69, 9.17) is 4.74 Å². The Morgan fingerprint density at radius 3 is 2.47 bits per heavy atom. The summed E-state index contributed by atoms with van der Waals surface area (Å²) in [6.07, 6.45) is 1.48. The van der Waals surface area contributed by atoms with Crippen molar-refractivity contribution in [1.29, 1.82) is 0 Å². The van der Waals surface area contributed by atoms with Gasteiger partial charge >= 0.3 is 0 Å². The summed E-state index contributed by atoms with van der Waals surface area (Å²) in [5.74, 6) is -0.0739. The van der Waals surface area contributed by atoms with E-state index >= 15 is 0 Å². The van der Waals surface area contributed by atoms with Gasteiger partial charge in [0.1, 0.15) is 5.75 Å². The summed E-state index contributed by atoms with van der Waals surface area (Å²) in [5, 5.41) is 6.84. The molecule has 30 heavy (non-hydrogen) atoms. The van der Waals surface area contributed by atoms with Crippen LogP contribution in [0.5, 0.6) is 5.75 Å². The zero-order valence-electron chi connectivity index (χ0n) is 16.9. The number of para-hydroxylation sites is 1. The second-order valence-corrected chi connectivity index (χ2v) is 6.76. The molecule has 2 amide bonds. The van der Waals surface area contributed by atoms with Gasteiger partial charge in [-0.1, -0.05) is 48.0 Å². The van der Waals surface area contributed by atoms with Gasteiger partial charge in [0.15, 0.2) is 6.61 Å². The van der Waals surface area contributed by atoms with Crippen LogP contribution in [0.3, 0.4) is 0 Å². The molecule has 6 heteroatoms. The summed E-state index contributed by atoms with van der Waals surface area (Å²) < 4.78 is 5.66. The molecule has 3 aromatic carbocycles. The van der Waals surface area contributed by atoms with Crippen LogP contribution in [0.4, 0.5) is 5.69 Å². The molecule has 0 bridgehead atoms. The third kappa shape index (κ3) is 5.78. The average molecular weight is 401 g/mol. The van der Waals surface area contributed by atoms with Crippen LogP contribution in [0, 0.1) is 13.8 Å². The van der Waals surface area contributed by atoms with Crippen LogP contribution >= 0.6 is 0 Å². The number of rotatable bonds is 7. The highest BCUT2D eigenvalue weighted by Crippen LogP contribution is 2.18. The van der Waals surface area contributed by atoms with E-state index < -0.39 is 0 Å². The zero-order valence-corrected chi connectivity index (χ0v) is 16.9. The van der Waals surface area contributed by atoms with E-state index in [0.717, 1.165) is 16.8 Å². The molecule has 152 valence electrons. The molecule has 0 aliphatic rings. The van der Waals surface area contributed by atoms with Crippen LogP contribution in [0.15, 0.2) is 77.9 Å². The van der Waals surface area contributed by atoms with Crippen LogP contribution in [0.1, 0.15) is 27.0 Å². The first-order valence-electron chi connectivity index (χ1n) is 9.50. The third-order valence-corrected chi connectivity index (χ3v) is 4.34. The first-order chi connectivity index (χ1) is 14.5. The molecule has 0 spiro atoms. The number of carbonyl (C=O) groups is 2. The van der Waals surface area contributed by atoms with Gasteiger partial charge in [-0.05, 0) is 49.7 Å². The maximum Gasteiger partial charge on any atom is 0.271 e. The predicted molar refractivity (Wildman–Crippen MR) is 118 cm³/mol. The summed E-state index contributed by atoms with van der Waals surface area (Å²) >= 11 is 0. The molecule has 2 N–H and O–H groups in total. The average Bonchev–Trinajstić information content (AvgIpc) is 2.75. The topological polar surface area (TPSA) is 79.8 Å². The Hall–Kier alpha value is -3.93. The number of hydrogen-bond acceptors (Lipinski definition) is 4. The van der Waals surface area contributed by atoms with Crippen molar-refractivity contribution in [3.63, 3.8) is 0 Å². The number of anilines is 1. The number of amides is 2. The zero-order chi connectivity index (χ0) is 21.3. The highest BCUT2D eigenvalue weighted by Gasteiger charge is 2.08. The molecule has 0 saturated heterocycles. The number of ether oxygens (including phenoxy) is 1. The van der Waals surface area contributed by atoms with Crippen LogP contribution in [0.25, 0.3) is 0 Å². The smallest absolute Gasteiger partial charge is 0.271 e. The fourth-order valence-electron chi connectivity index (χ4n) is 2.82. The largest absolute Gasteiger partial charge is 0.483 e. The minimum Gasteiger partial charge on any atom is -0.483 e. The van der Waals surface area contributed by atoms with Crippen molar-refractivity contribution in [1.82, 2.24) is 5.43 Å². The Kier molecular flexibility index (Phi) is 6.95.